The predicted molar refractivity (Wildman–Crippen MR) is 144 cm³/mol. The summed E-state index contributed by atoms with van der Waals surface area (Å²) in [4.78, 5) is 12.2. The molecule has 0 bridgehead atoms. The number of fused-ring (bicyclic) bond motifs is 1. The molecule has 0 aliphatic heterocycles. The molecule has 5 nitrogen and oxygen atoms in total. The average Bonchev–Trinajstić information content (AvgIpc) is 2.85. The fourth-order valence-electron chi connectivity index (χ4n) is 3.64. The minimum absolute atomic E-state index is 0.213. The Labute approximate surface area is 217 Å². The highest BCUT2D eigenvalue weighted by Gasteiger charge is 2.13. The first-order valence-corrected chi connectivity index (χ1v) is 12.3. The smallest absolute Gasteiger partial charge is 0.244 e. The normalized spacial score (nSPS) is 11.1. The third kappa shape index (κ3) is 6.62. The van der Waals surface area contributed by atoms with Crippen LogP contribution in [0.2, 0.25) is 5.02 Å². The number of halogens is 2. The van der Waals surface area contributed by atoms with E-state index >= 15 is 0 Å². The van der Waals surface area contributed by atoms with Gasteiger partial charge in [-0.3, -0.25) is 4.79 Å². The van der Waals surface area contributed by atoms with Crippen LogP contribution >= 0.6 is 27.5 Å². The zero-order chi connectivity index (χ0) is 24.6. The van der Waals surface area contributed by atoms with Gasteiger partial charge in [-0.15, -0.1) is 0 Å². The third-order valence-corrected chi connectivity index (χ3v) is 6.07. The number of carbonyl (C=O) groups excluding carboxylic acids is 1. The molecule has 0 saturated carbocycles. The number of hydrogen-bond donors (Lipinski definition) is 1. The summed E-state index contributed by atoms with van der Waals surface area (Å²) in [7, 11) is 0. The van der Waals surface area contributed by atoms with Gasteiger partial charge in [0.15, 0.2) is 11.5 Å². The summed E-state index contributed by atoms with van der Waals surface area (Å²) in [5, 5.41) is 6.75. The number of carbonyl (C=O) groups is 1. The van der Waals surface area contributed by atoms with Crippen LogP contribution in [0.3, 0.4) is 0 Å². The molecule has 0 radical (unpaired) electrons. The van der Waals surface area contributed by atoms with Crippen molar-refractivity contribution < 1.29 is 14.3 Å². The van der Waals surface area contributed by atoms with Crippen LogP contribution in [-0.4, -0.2) is 18.7 Å². The number of nitrogens with one attached hydrogen (secondary N) is 1. The summed E-state index contributed by atoms with van der Waals surface area (Å²) in [5.41, 5.74) is 5.18. The van der Waals surface area contributed by atoms with Gasteiger partial charge >= 0.3 is 0 Å². The highest BCUT2D eigenvalue weighted by Crippen LogP contribution is 2.37. The molecule has 178 valence electrons. The van der Waals surface area contributed by atoms with Gasteiger partial charge in [0.25, 0.3) is 0 Å². The van der Waals surface area contributed by atoms with Crippen LogP contribution in [0.1, 0.15) is 23.6 Å². The molecule has 0 aliphatic rings. The monoisotopic (exact) mass is 550 g/mol. The molecule has 1 amide bonds. The molecular formula is C28H24BrClN2O3. The number of benzene rings is 4. The predicted octanol–water partition coefficient (Wildman–Crippen LogP) is 6.93. The SMILES string of the molecule is CCOc1cc(/C=N\NC(=O)Cc2ccc(Br)cc2)cc(Cl)c1OCc1cccc2ccccc12. The first-order chi connectivity index (χ1) is 17.0. The lowest BCUT2D eigenvalue weighted by molar-refractivity contribution is -0.120. The van der Waals surface area contributed by atoms with Crippen LogP contribution in [0.4, 0.5) is 0 Å². The van der Waals surface area contributed by atoms with Gasteiger partial charge in [-0.2, -0.15) is 5.10 Å². The minimum Gasteiger partial charge on any atom is -0.490 e. The molecule has 0 fully saturated rings. The van der Waals surface area contributed by atoms with E-state index in [1.165, 1.54) is 6.21 Å². The Kier molecular flexibility index (Phi) is 8.40. The van der Waals surface area contributed by atoms with Crippen LogP contribution in [0.25, 0.3) is 10.8 Å². The van der Waals surface area contributed by atoms with Crippen molar-refractivity contribution in [1.82, 2.24) is 5.43 Å². The Morgan fingerprint density at radius 3 is 2.60 bits per heavy atom. The van der Waals surface area contributed by atoms with E-state index in [1.807, 2.05) is 55.5 Å². The van der Waals surface area contributed by atoms with Crippen molar-refractivity contribution in [2.45, 2.75) is 20.0 Å². The standard InChI is InChI=1S/C28H24BrClN2O3/c1-2-34-26-15-20(17-31-32-27(33)16-19-10-12-23(29)13-11-19)14-25(30)28(26)35-18-22-8-5-7-21-6-3-4-9-24(21)22/h3-15,17H,2,16,18H2,1H3,(H,32,33)/b31-17-. The Morgan fingerprint density at radius 1 is 1.03 bits per heavy atom. The number of hydrogen-bond acceptors (Lipinski definition) is 4. The fourth-order valence-corrected chi connectivity index (χ4v) is 4.18. The molecule has 0 spiro atoms. The number of hydrazone groups is 1. The average molecular weight is 552 g/mol. The van der Waals surface area contributed by atoms with E-state index in [9.17, 15) is 4.79 Å². The molecule has 4 aromatic carbocycles. The molecule has 0 atom stereocenters. The van der Waals surface area contributed by atoms with Crippen LogP contribution in [0.15, 0.2) is 88.4 Å². The van der Waals surface area contributed by atoms with Gasteiger partial charge in [0, 0.05) is 4.47 Å². The van der Waals surface area contributed by atoms with Gasteiger partial charge in [-0.1, -0.05) is 82.1 Å². The second kappa shape index (κ2) is 11.9. The lowest BCUT2D eigenvalue weighted by Crippen LogP contribution is -2.19. The van der Waals surface area contributed by atoms with E-state index in [-0.39, 0.29) is 12.3 Å². The fraction of sp³-hybridized carbons (Fsp3) is 0.143. The summed E-state index contributed by atoms with van der Waals surface area (Å²) < 4.78 is 12.9. The molecule has 7 heteroatoms. The van der Waals surface area contributed by atoms with E-state index in [2.05, 4.69) is 44.7 Å². The van der Waals surface area contributed by atoms with E-state index in [0.29, 0.717) is 35.3 Å². The molecular weight excluding hydrogens is 528 g/mol. The van der Waals surface area contributed by atoms with Crippen LogP contribution in [0.5, 0.6) is 11.5 Å². The van der Waals surface area contributed by atoms with Gasteiger partial charge in [-0.25, -0.2) is 5.43 Å². The van der Waals surface area contributed by atoms with Crippen molar-refractivity contribution in [3.63, 3.8) is 0 Å². The summed E-state index contributed by atoms with van der Waals surface area (Å²) in [5.74, 6) is 0.774. The Balaban J connectivity index is 1.45. The Morgan fingerprint density at radius 2 is 1.80 bits per heavy atom. The summed E-state index contributed by atoms with van der Waals surface area (Å²) in [6.45, 7) is 2.69. The lowest BCUT2D eigenvalue weighted by Gasteiger charge is -2.15. The van der Waals surface area contributed by atoms with Gasteiger partial charge in [0.05, 0.1) is 24.3 Å². The topological polar surface area (TPSA) is 59.9 Å². The van der Waals surface area contributed by atoms with Crippen molar-refractivity contribution in [3.05, 3.63) is 105 Å². The van der Waals surface area contributed by atoms with Gasteiger partial charge in [-0.05, 0) is 58.7 Å². The van der Waals surface area contributed by atoms with E-state index < -0.39 is 0 Å². The third-order valence-electron chi connectivity index (χ3n) is 5.26. The zero-order valence-electron chi connectivity index (χ0n) is 19.1. The van der Waals surface area contributed by atoms with Crippen LogP contribution in [-0.2, 0) is 17.8 Å². The summed E-state index contributed by atoms with van der Waals surface area (Å²) in [6, 6.07) is 25.4. The van der Waals surface area contributed by atoms with Gasteiger partial charge in [0.2, 0.25) is 5.91 Å². The van der Waals surface area contributed by atoms with E-state index in [0.717, 1.165) is 26.4 Å². The van der Waals surface area contributed by atoms with Crippen molar-refractivity contribution >= 4 is 50.4 Å². The molecule has 0 unspecified atom stereocenters. The van der Waals surface area contributed by atoms with Gasteiger partial charge in [0.1, 0.15) is 6.61 Å². The minimum atomic E-state index is -0.213. The quantitative estimate of drug-likeness (QED) is 0.181. The highest BCUT2D eigenvalue weighted by atomic mass is 79.9. The second-order valence-corrected chi connectivity index (χ2v) is 9.11. The van der Waals surface area contributed by atoms with Crippen molar-refractivity contribution in [3.8, 4) is 11.5 Å². The molecule has 4 rings (SSSR count). The second-order valence-electron chi connectivity index (χ2n) is 7.79. The molecule has 0 saturated heterocycles. The first kappa shape index (κ1) is 24.8. The molecule has 35 heavy (non-hydrogen) atoms. The van der Waals surface area contributed by atoms with E-state index in [4.69, 9.17) is 21.1 Å². The van der Waals surface area contributed by atoms with E-state index in [1.54, 1.807) is 12.1 Å². The van der Waals surface area contributed by atoms with Crippen LogP contribution < -0.4 is 14.9 Å². The van der Waals surface area contributed by atoms with Crippen molar-refractivity contribution in [2.24, 2.45) is 5.10 Å². The van der Waals surface area contributed by atoms with Gasteiger partial charge < -0.3 is 9.47 Å². The molecule has 0 aromatic heterocycles. The molecule has 4 aromatic rings. The number of rotatable bonds is 9. The first-order valence-electron chi connectivity index (χ1n) is 11.2. The summed E-state index contributed by atoms with van der Waals surface area (Å²) >= 11 is 9.94. The maximum Gasteiger partial charge on any atom is 0.244 e. The lowest BCUT2D eigenvalue weighted by atomic mass is 10.1. The van der Waals surface area contributed by atoms with Crippen molar-refractivity contribution in [1.29, 1.82) is 0 Å². The zero-order valence-corrected chi connectivity index (χ0v) is 21.5. The molecule has 0 heterocycles. The maximum atomic E-state index is 12.2. The highest BCUT2D eigenvalue weighted by molar-refractivity contribution is 9.10. The molecule has 0 aliphatic carbocycles. The number of ether oxygens (including phenoxy) is 2. The number of amides is 1. The Hall–Kier alpha value is -3.35. The summed E-state index contributed by atoms with van der Waals surface area (Å²) in [6.07, 6.45) is 1.76. The largest absolute Gasteiger partial charge is 0.490 e. The maximum absolute atomic E-state index is 12.2. The number of nitrogens with zero attached hydrogens (tertiary/aromatic N) is 1. The van der Waals surface area contributed by atoms with Crippen molar-refractivity contribution in [2.75, 3.05) is 6.61 Å². The van der Waals surface area contributed by atoms with Crippen LogP contribution in [0, 0.1) is 0 Å². The Bertz CT molecular complexity index is 1350. The molecule has 1 N–H and O–H groups in total.